The Balaban J connectivity index is 0.766. The van der Waals surface area contributed by atoms with Crippen molar-refractivity contribution in [3.8, 4) is 6.01 Å². The lowest BCUT2D eigenvalue weighted by Crippen LogP contribution is -2.52. The Kier molecular flexibility index (Phi) is 15.4. The molecular weight excluding hydrogens is 803 g/mol. The number of aromatic nitrogens is 2. The first kappa shape index (κ1) is 44.4. The summed E-state index contributed by atoms with van der Waals surface area (Å²) >= 11 is 0. The van der Waals surface area contributed by atoms with Gasteiger partial charge in [0.2, 0.25) is 23.6 Å². The van der Waals surface area contributed by atoms with Crippen molar-refractivity contribution in [3.63, 3.8) is 0 Å². The number of hydrazone groups is 1. The van der Waals surface area contributed by atoms with E-state index < -0.39 is 11.9 Å². The van der Waals surface area contributed by atoms with Gasteiger partial charge in [0, 0.05) is 73.9 Å². The number of nitrogens with zero attached hydrogens (tertiary/aromatic N) is 5. The monoisotopic (exact) mass is 857 g/mol. The fourth-order valence-corrected chi connectivity index (χ4v) is 7.84. The third kappa shape index (κ3) is 12.7. The van der Waals surface area contributed by atoms with Gasteiger partial charge in [-0.15, -0.1) is 0 Å². The molecule has 16 nitrogen and oxygen atoms in total. The maximum atomic E-state index is 13.1. The Morgan fingerprint density at radius 3 is 2.37 bits per heavy atom. The van der Waals surface area contributed by atoms with Gasteiger partial charge in [-0.2, -0.15) is 15.1 Å². The Labute approximate surface area is 367 Å². The summed E-state index contributed by atoms with van der Waals surface area (Å²) in [6.45, 7) is 5.30. The van der Waals surface area contributed by atoms with Gasteiger partial charge in [-0.05, 0) is 61.6 Å². The van der Waals surface area contributed by atoms with E-state index in [1.807, 2.05) is 61.5 Å². The lowest BCUT2D eigenvalue weighted by molar-refractivity contribution is -0.137. The van der Waals surface area contributed by atoms with Crippen LogP contribution in [0, 0.1) is 6.92 Å². The SMILES string of the molecule is Cc1cccc(/C=N/Nc2cc(N3CCOCC3)nc(OCCc3ccc(NC(=O)CCCCCCCCC(=O)Nc4cccc5c4CN(C4CCC(=O)NC4=O)C5=O)cc3)n2)c1. The highest BCUT2D eigenvalue weighted by molar-refractivity contribution is 6.06. The number of fused-ring (bicyclic) bond motifs is 1. The third-order valence-corrected chi connectivity index (χ3v) is 11.2. The smallest absolute Gasteiger partial charge is 0.320 e. The highest BCUT2D eigenvalue weighted by atomic mass is 16.5. The summed E-state index contributed by atoms with van der Waals surface area (Å²) in [6, 6.07) is 22.4. The molecular formula is C47H55N9O7. The molecule has 3 aliphatic heterocycles. The van der Waals surface area contributed by atoms with Crippen LogP contribution in [-0.4, -0.2) is 89.6 Å². The Morgan fingerprint density at radius 1 is 0.889 bits per heavy atom. The predicted octanol–water partition coefficient (Wildman–Crippen LogP) is 6.15. The van der Waals surface area contributed by atoms with Crippen molar-refractivity contribution >= 4 is 58.8 Å². The summed E-state index contributed by atoms with van der Waals surface area (Å²) in [4.78, 5) is 75.4. The Morgan fingerprint density at radius 2 is 1.62 bits per heavy atom. The summed E-state index contributed by atoms with van der Waals surface area (Å²) in [6.07, 6.45) is 8.87. The van der Waals surface area contributed by atoms with E-state index in [1.165, 1.54) is 4.90 Å². The molecule has 7 rings (SSSR count). The van der Waals surface area contributed by atoms with Crippen LogP contribution < -0.4 is 31.0 Å². The average Bonchev–Trinajstić information content (AvgIpc) is 3.61. The molecule has 4 heterocycles. The normalized spacial score (nSPS) is 16.2. The molecule has 3 aromatic carbocycles. The van der Waals surface area contributed by atoms with E-state index in [4.69, 9.17) is 9.47 Å². The Hall–Kier alpha value is -6.68. The van der Waals surface area contributed by atoms with Gasteiger partial charge in [0.25, 0.3) is 5.91 Å². The molecule has 63 heavy (non-hydrogen) atoms. The molecule has 0 aliphatic carbocycles. The number of rotatable bonds is 20. The van der Waals surface area contributed by atoms with E-state index in [-0.39, 0.29) is 49.0 Å². The van der Waals surface area contributed by atoms with Crippen LogP contribution in [0.5, 0.6) is 6.01 Å². The fourth-order valence-electron chi connectivity index (χ4n) is 7.84. The van der Waals surface area contributed by atoms with Crippen LogP contribution in [0.2, 0.25) is 0 Å². The summed E-state index contributed by atoms with van der Waals surface area (Å²) < 4.78 is 11.6. The predicted molar refractivity (Wildman–Crippen MR) is 240 cm³/mol. The molecule has 0 saturated carbocycles. The zero-order valence-corrected chi connectivity index (χ0v) is 35.7. The molecule has 2 saturated heterocycles. The quantitative estimate of drug-likeness (QED) is 0.0345. The zero-order valence-electron chi connectivity index (χ0n) is 35.7. The number of hydrogen-bond donors (Lipinski definition) is 4. The largest absolute Gasteiger partial charge is 0.463 e. The number of carbonyl (C=O) groups excluding carboxylic acids is 5. The molecule has 16 heteroatoms. The van der Waals surface area contributed by atoms with E-state index >= 15 is 0 Å². The molecule has 3 aliphatic rings. The number of morpholine rings is 1. The van der Waals surface area contributed by atoms with Gasteiger partial charge in [0.1, 0.15) is 11.9 Å². The van der Waals surface area contributed by atoms with Crippen molar-refractivity contribution in [3.05, 3.63) is 101 Å². The molecule has 0 radical (unpaired) electrons. The van der Waals surface area contributed by atoms with Gasteiger partial charge in [-0.25, -0.2) is 0 Å². The third-order valence-electron chi connectivity index (χ3n) is 11.2. The van der Waals surface area contributed by atoms with Crippen molar-refractivity contribution < 1.29 is 33.4 Å². The molecule has 4 N–H and O–H groups in total. The van der Waals surface area contributed by atoms with Gasteiger partial charge in [0.15, 0.2) is 5.82 Å². The second kappa shape index (κ2) is 21.9. The summed E-state index contributed by atoms with van der Waals surface area (Å²) in [5, 5.41) is 12.6. The maximum Gasteiger partial charge on any atom is 0.320 e. The minimum absolute atomic E-state index is 0.0259. The van der Waals surface area contributed by atoms with Gasteiger partial charge in [-0.3, -0.25) is 34.7 Å². The molecule has 0 bridgehead atoms. The summed E-state index contributed by atoms with van der Waals surface area (Å²) in [5.74, 6) is 0.0424. The van der Waals surface area contributed by atoms with E-state index in [2.05, 4.69) is 41.3 Å². The van der Waals surface area contributed by atoms with E-state index in [0.717, 1.165) is 79.8 Å². The van der Waals surface area contributed by atoms with Crippen molar-refractivity contribution in [2.75, 3.05) is 53.9 Å². The first-order valence-electron chi connectivity index (χ1n) is 21.8. The number of hydrogen-bond acceptors (Lipinski definition) is 12. The van der Waals surface area contributed by atoms with Crippen LogP contribution in [0.1, 0.15) is 96.8 Å². The van der Waals surface area contributed by atoms with E-state index in [1.54, 1.807) is 24.4 Å². The van der Waals surface area contributed by atoms with Crippen molar-refractivity contribution in [1.29, 1.82) is 0 Å². The second-order valence-electron chi connectivity index (χ2n) is 16.0. The standard InChI is InChI=1S/C47H55N9O7/c1-32-10-8-11-34(28-32)30-48-54-40-29-41(55-23-26-62-27-24-55)52-47(51-40)63-25-22-33-16-18-35(19-17-33)49-42(57)14-6-4-2-3-5-7-15-43(58)50-38-13-9-12-36-37(38)31-56(46(36)61)39-20-21-44(59)53-45(39)60/h8-13,16-19,28-30,39H,2-7,14-15,20-27,31H2,1H3,(H,49,57)(H,50,58)(H,51,52,54)(H,53,59,60)/b48-30+. The number of carbonyl (C=O) groups is 5. The number of aryl methyl sites for hydroxylation is 1. The lowest BCUT2D eigenvalue weighted by Gasteiger charge is -2.29. The van der Waals surface area contributed by atoms with Crippen LogP contribution in [0.4, 0.5) is 23.0 Å². The zero-order chi connectivity index (χ0) is 44.0. The second-order valence-corrected chi connectivity index (χ2v) is 16.0. The average molecular weight is 858 g/mol. The first-order chi connectivity index (χ1) is 30.7. The van der Waals surface area contributed by atoms with Crippen LogP contribution >= 0.6 is 0 Å². The number of nitrogens with one attached hydrogen (secondary N) is 4. The van der Waals surface area contributed by atoms with Gasteiger partial charge >= 0.3 is 6.01 Å². The molecule has 5 amide bonds. The number of piperidine rings is 1. The number of anilines is 4. The molecule has 330 valence electrons. The molecule has 1 aromatic heterocycles. The van der Waals surface area contributed by atoms with Gasteiger partial charge in [0.05, 0.1) is 26.0 Å². The van der Waals surface area contributed by atoms with Crippen LogP contribution in [0.25, 0.3) is 0 Å². The van der Waals surface area contributed by atoms with Crippen LogP contribution in [0.15, 0.2) is 77.9 Å². The highest BCUT2D eigenvalue weighted by Crippen LogP contribution is 2.32. The molecule has 0 spiro atoms. The maximum absolute atomic E-state index is 13.1. The topological polar surface area (TPSA) is 197 Å². The van der Waals surface area contributed by atoms with Crippen LogP contribution in [0.3, 0.4) is 0 Å². The van der Waals surface area contributed by atoms with Crippen molar-refractivity contribution in [2.24, 2.45) is 5.10 Å². The molecule has 1 unspecified atom stereocenters. The number of unbranched alkanes of at least 4 members (excludes halogenated alkanes) is 5. The van der Waals surface area contributed by atoms with Crippen molar-refractivity contribution in [2.45, 2.75) is 90.1 Å². The van der Waals surface area contributed by atoms with Crippen LogP contribution in [-0.2, 0) is 36.9 Å². The van der Waals surface area contributed by atoms with E-state index in [9.17, 15) is 24.0 Å². The van der Waals surface area contributed by atoms with Gasteiger partial charge < -0.3 is 29.9 Å². The number of imide groups is 1. The minimum Gasteiger partial charge on any atom is -0.463 e. The summed E-state index contributed by atoms with van der Waals surface area (Å²) in [7, 11) is 0. The Bertz CT molecular complexity index is 2300. The van der Waals surface area contributed by atoms with Crippen molar-refractivity contribution in [1.82, 2.24) is 20.2 Å². The highest BCUT2D eigenvalue weighted by Gasteiger charge is 2.40. The fraction of sp³-hybridized carbons (Fsp3) is 0.404. The van der Waals surface area contributed by atoms with E-state index in [0.29, 0.717) is 61.7 Å². The molecule has 4 aromatic rings. The lowest BCUT2D eigenvalue weighted by atomic mass is 10.0. The first-order valence-corrected chi connectivity index (χ1v) is 21.8. The van der Waals surface area contributed by atoms with Gasteiger partial charge in [-0.1, -0.05) is 73.7 Å². The summed E-state index contributed by atoms with van der Waals surface area (Å²) in [5.41, 5.74) is 8.67. The number of benzene rings is 3. The minimum atomic E-state index is -0.708. The molecule has 2 fully saturated rings. The number of amides is 5. The molecule has 1 atom stereocenters. The number of ether oxygens (including phenoxy) is 2.